The number of carboxylic acid groups (broad SMARTS) is 1. The van der Waals surface area contributed by atoms with Crippen molar-refractivity contribution in [3.8, 4) is 0 Å². The van der Waals surface area contributed by atoms with E-state index in [-0.39, 0.29) is 25.9 Å². The molecule has 0 spiro atoms. The Labute approximate surface area is 458 Å². The van der Waals surface area contributed by atoms with Gasteiger partial charge in [-0.2, -0.15) is 0 Å². The fourth-order valence-corrected chi connectivity index (χ4v) is 9.69. The Morgan fingerprint density at radius 1 is 0.440 bits per heavy atom. The Morgan fingerprint density at radius 3 is 1.23 bits per heavy atom. The minimum absolute atomic E-state index is 0.0654. The highest BCUT2D eigenvalue weighted by Gasteiger charge is 2.50. The first-order valence-electron chi connectivity index (χ1n) is 31.3. The molecular formula is C63H114O12. The van der Waals surface area contributed by atoms with Crippen molar-refractivity contribution in [1.82, 2.24) is 0 Å². The smallest absolute Gasteiger partial charge is 0.335 e. The zero-order valence-corrected chi connectivity index (χ0v) is 48.3. The molecule has 0 amide bonds. The fraction of sp³-hybridized carbons (Fsp3) is 0.873. The number of hydrogen-bond acceptors (Lipinski definition) is 11. The minimum Gasteiger partial charge on any atom is -0.479 e. The Hall–Kier alpha value is -2.80. The maximum atomic E-state index is 13.2. The van der Waals surface area contributed by atoms with Gasteiger partial charge in [-0.15, -0.1) is 0 Å². The zero-order valence-electron chi connectivity index (χ0n) is 48.3. The van der Waals surface area contributed by atoms with E-state index in [1.54, 1.807) is 0 Å². The van der Waals surface area contributed by atoms with Crippen molar-refractivity contribution in [2.24, 2.45) is 0 Å². The summed E-state index contributed by atoms with van der Waals surface area (Å²) in [6.45, 7) is 5.99. The molecule has 6 unspecified atom stereocenters. The van der Waals surface area contributed by atoms with Crippen molar-refractivity contribution in [1.29, 1.82) is 0 Å². The summed E-state index contributed by atoms with van der Waals surface area (Å²) in [5, 5.41) is 31.5. The maximum absolute atomic E-state index is 13.2. The standard InChI is InChI=1S/C63H114O12/c1-4-7-10-13-16-19-22-25-27-28-30-32-34-37-40-43-46-49-55(64)71-52-54(73-56(65)50-47-44-41-38-36-33-29-26-23-20-17-14-11-8-5-2)53-72-63-61(59(68)58(67)60(75-63)62(69)70)74-57(66)51-48-45-42-39-35-31-24-21-18-15-12-9-6-3/h17,20,26,29,54,58-61,63,67-68H,4-16,18-19,21-25,27-28,30-53H2,1-3H3,(H,69,70)/b20-17-,29-26-. The van der Waals surface area contributed by atoms with Gasteiger partial charge in [0.15, 0.2) is 24.6 Å². The van der Waals surface area contributed by atoms with Gasteiger partial charge in [0.2, 0.25) is 0 Å². The molecule has 0 bridgehead atoms. The highest BCUT2D eigenvalue weighted by atomic mass is 16.7. The molecule has 3 N–H and O–H groups in total. The van der Waals surface area contributed by atoms with Crippen LogP contribution in [-0.4, -0.2) is 89.2 Å². The van der Waals surface area contributed by atoms with Gasteiger partial charge in [0.25, 0.3) is 0 Å². The molecule has 6 atom stereocenters. The number of allylic oxidation sites excluding steroid dienone is 4. The summed E-state index contributed by atoms with van der Waals surface area (Å²) >= 11 is 0. The van der Waals surface area contributed by atoms with Crippen molar-refractivity contribution in [2.45, 2.75) is 340 Å². The predicted octanol–water partition coefficient (Wildman–Crippen LogP) is 16.2. The summed E-state index contributed by atoms with van der Waals surface area (Å²) in [5.74, 6) is -3.10. The molecule has 0 saturated carbocycles. The van der Waals surface area contributed by atoms with E-state index in [9.17, 15) is 34.5 Å². The van der Waals surface area contributed by atoms with E-state index in [0.29, 0.717) is 19.3 Å². The van der Waals surface area contributed by atoms with Crippen LogP contribution in [0.15, 0.2) is 24.3 Å². The molecule has 1 rings (SSSR count). The van der Waals surface area contributed by atoms with E-state index in [4.69, 9.17) is 23.7 Å². The molecule has 0 aromatic carbocycles. The van der Waals surface area contributed by atoms with Gasteiger partial charge in [0.1, 0.15) is 18.8 Å². The van der Waals surface area contributed by atoms with E-state index in [2.05, 4.69) is 45.1 Å². The van der Waals surface area contributed by atoms with Crippen molar-refractivity contribution >= 4 is 23.9 Å². The average Bonchev–Trinajstić information content (AvgIpc) is 3.39. The summed E-state index contributed by atoms with van der Waals surface area (Å²) in [6.07, 6.45) is 47.1. The molecule has 438 valence electrons. The van der Waals surface area contributed by atoms with Gasteiger partial charge in [-0.05, 0) is 51.4 Å². The summed E-state index contributed by atoms with van der Waals surface area (Å²) in [6, 6.07) is 0. The summed E-state index contributed by atoms with van der Waals surface area (Å²) in [7, 11) is 0. The Kier molecular flexibility index (Phi) is 48.6. The van der Waals surface area contributed by atoms with E-state index >= 15 is 0 Å². The predicted molar refractivity (Wildman–Crippen MR) is 303 cm³/mol. The van der Waals surface area contributed by atoms with Gasteiger partial charge in [-0.25, -0.2) is 4.79 Å². The van der Waals surface area contributed by atoms with Gasteiger partial charge in [-0.1, -0.05) is 257 Å². The van der Waals surface area contributed by atoms with Crippen molar-refractivity contribution in [2.75, 3.05) is 13.2 Å². The number of ether oxygens (including phenoxy) is 5. The van der Waals surface area contributed by atoms with Crippen LogP contribution in [-0.2, 0) is 42.9 Å². The maximum Gasteiger partial charge on any atom is 0.335 e. The molecule has 12 heteroatoms. The third kappa shape index (κ3) is 41.9. The lowest BCUT2D eigenvalue weighted by Crippen LogP contribution is -2.61. The van der Waals surface area contributed by atoms with Crippen LogP contribution in [0.4, 0.5) is 0 Å². The minimum atomic E-state index is -1.90. The third-order valence-corrected chi connectivity index (χ3v) is 14.5. The molecule has 0 aromatic rings. The normalized spacial score (nSPS) is 18.2. The summed E-state index contributed by atoms with van der Waals surface area (Å²) < 4.78 is 28.5. The second kappa shape index (κ2) is 51.9. The lowest BCUT2D eigenvalue weighted by Gasteiger charge is -2.40. The molecule has 0 aromatic heterocycles. The molecule has 1 heterocycles. The van der Waals surface area contributed by atoms with Gasteiger partial charge in [0, 0.05) is 19.3 Å². The van der Waals surface area contributed by atoms with Crippen LogP contribution in [0, 0.1) is 0 Å². The first-order chi connectivity index (χ1) is 36.6. The molecule has 12 nitrogen and oxygen atoms in total. The second-order valence-electron chi connectivity index (χ2n) is 21.7. The van der Waals surface area contributed by atoms with E-state index in [1.807, 2.05) is 0 Å². The molecule has 1 aliphatic heterocycles. The molecule has 1 fully saturated rings. The quantitative estimate of drug-likeness (QED) is 0.0228. The number of carbonyl (C=O) groups excluding carboxylic acids is 3. The Bertz CT molecular complexity index is 1400. The SMILES string of the molecule is CCCCC/C=C\C/C=C\CCCCCCCC(=O)OC(COC(=O)CCCCCCCCCCCCCCCCCCC)COC1OC(C(=O)O)C(O)C(O)C1OC(=O)CCCCCCCCCCCCCCC. The Morgan fingerprint density at radius 2 is 0.800 bits per heavy atom. The van der Waals surface area contributed by atoms with E-state index < -0.39 is 67.3 Å². The first kappa shape index (κ1) is 70.2. The highest BCUT2D eigenvalue weighted by Crippen LogP contribution is 2.27. The van der Waals surface area contributed by atoms with Crippen LogP contribution in [0.2, 0.25) is 0 Å². The van der Waals surface area contributed by atoms with Gasteiger partial charge in [-0.3, -0.25) is 14.4 Å². The van der Waals surface area contributed by atoms with Crippen molar-refractivity contribution < 1.29 is 58.2 Å². The Balaban J connectivity index is 2.66. The van der Waals surface area contributed by atoms with Crippen LogP contribution >= 0.6 is 0 Å². The van der Waals surface area contributed by atoms with E-state index in [1.165, 1.54) is 154 Å². The topological polar surface area (TPSA) is 175 Å². The number of hydrogen-bond donors (Lipinski definition) is 3. The summed E-state index contributed by atoms with van der Waals surface area (Å²) in [5.41, 5.74) is 0. The molecular weight excluding hydrogens is 949 g/mol. The van der Waals surface area contributed by atoms with E-state index in [0.717, 1.165) is 89.9 Å². The van der Waals surface area contributed by atoms with Crippen molar-refractivity contribution in [3.63, 3.8) is 0 Å². The monoisotopic (exact) mass is 1060 g/mol. The van der Waals surface area contributed by atoms with Crippen LogP contribution < -0.4 is 0 Å². The molecule has 1 saturated heterocycles. The number of aliphatic hydroxyl groups is 2. The number of aliphatic hydroxyl groups excluding tert-OH is 2. The van der Waals surface area contributed by atoms with Gasteiger partial charge < -0.3 is 39.0 Å². The lowest BCUT2D eigenvalue weighted by atomic mass is 9.98. The van der Waals surface area contributed by atoms with Crippen LogP contribution in [0.25, 0.3) is 0 Å². The third-order valence-electron chi connectivity index (χ3n) is 14.5. The second-order valence-corrected chi connectivity index (χ2v) is 21.7. The number of aliphatic carboxylic acids is 1. The van der Waals surface area contributed by atoms with Crippen LogP contribution in [0.5, 0.6) is 0 Å². The van der Waals surface area contributed by atoms with Gasteiger partial charge in [0.05, 0.1) is 6.61 Å². The average molecular weight is 1060 g/mol. The molecule has 75 heavy (non-hydrogen) atoms. The fourth-order valence-electron chi connectivity index (χ4n) is 9.69. The van der Waals surface area contributed by atoms with Gasteiger partial charge >= 0.3 is 23.9 Å². The number of esters is 3. The zero-order chi connectivity index (χ0) is 54.7. The molecule has 0 aliphatic carbocycles. The number of rotatable bonds is 54. The van der Waals surface area contributed by atoms with Crippen LogP contribution in [0.3, 0.4) is 0 Å². The number of unbranched alkanes of at least 4 members (excludes halogenated alkanes) is 36. The molecule has 1 aliphatic rings. The first-order valence-corrected chi connectivity index (χ1v) is 31.3. The largest absolute Gasteiger partial charge is 0.479 e. The molecule has 0 radical (unpaired) electrons. The van der Waals surface area contributed by atoms with Crippen molar-refractivity contribution in [3.05, 3.63) is 24.3 Å². The van der Waals surface area contributed by atoms with Crippen LogP contribution in [0.1, 0.15) is 303 Å². The number of carboxylic acids is 1. The summed E-state index contributed by atoms with van der Waals surface area (Å²) in [4.78, 5) is 51.2. The lowest BCUT2D eigenvalue weighted by molar-refractivity contribution is -0.301. The number of carbonyl (C=O) groups is 4. The highest BCUT2D eigenvalue weighted by molar-refractivity contribution is 5.74.